The van der Waals surface area contributed by atoms with Crippen LogP contribution in [0.25, 0.3) is 0 Å². The summed E-state index contributed by atoms with van der Waals surface area (Å²) in [6.45, 7) is 2.10. The zero-order chi connectivity index (χ0) is 22.5. The van der Waals surface area contributed by atoms with Gasteiger partial charge in [0.2, 0.25) is 5.88 Å². The lowest BCUT2D eigenvalue weighted by atomic mass is 10.1. The quantitative estimate of drug-likeness (QED) is 0.418. The maximum absolute atomic E-state index is 13.2. The van der Waals surface area contributed by atoms with Gasteiger partial charge in [-0.1, -0.05) is 29.8 Å². The van der Waals surface area contributed by atoms with Gasteiger partial charge in [-0.3, -0.25) is 9.69 Å². The zero-order valence-electron chi connectivity index (χ0n) is 17.5. The van der Waals surface area contributed by atoms with E-state index < -0.39 is 0 Å². The van der Waals surface area contributed by atoms with Crippen LogP contribution >= 0.6 is 24.0 Å². The molecule has 6 nitrogen and oxygen atoms in total. The Labute approximate surface area is 196 Å². The molecule has 1 amide bonds. The molecule has 4 rings (SSSR count). The van der Waals surface area contributed by atoms with Crippen LogP contribution in [0.3, 0.4) is 0 Å². The highest BCUT2D eigenvalue weighted by molar-refractivity contribution is 7.99. The number of aromatic nitrogens is 1. The van der Waals surface area contributed by atoms with Crippen LogP contribution in [0.2, 0.25) is 0 Å². The lowest BCUT2D eigenvalue weighted by molar-refractivity contribution is 0.0987. The monoisotopic (exact) mass is 460 g/mol. The number of rotatable bonds is 4. The second kappa shape index (κ2) is 9.73. The molecule has 0 fully saturated rings. The summed E-state index contributed by atoms with van der Waals surface area (Å²) in [4.78, 5) is 20.9. The molecule has 0 saturated carbocycles. The minimum Gasteiger partial charge on any atom is -0.481 e. The number of fused-ring (bicyclic) bond motifs is 2. The van der Waals surface area contributed by atoms with Crippen LogP contribution in [-0.2, 0) is 0 Å². The Morgan fingerprint density at radius 1 is 1.12 bits per heavy atom. The first kappa shape index (κ1) is 21.7. The molecule has 160 valence electrons. The minimum absolute atomic E-state index is 0.0560. The number of ether oxygens (including phenoxy) is 1. The molecule has 0 saturated heterocycles. The maximum atomic E-state index is 13.2. The lowest BCUT2D eigenvalue weighted by Gasteiger charge is -2.21. The van der Waals surface area contributed by atoms with E-state index in [9.17, 15) is 4.79 Å². The van der Waals surface area contributed by atoms with Crippen LogP contribution in [-0.4, -0.2) is 29.7 Å². The third kappa shape index (κ3) is 4.69. The van der Waals surface area contributed by atoms with Gasteiger partial charge >= 0.3 is 0 Å². The molecule has 3 aromatic rings. The summed E-state index contributed by atoms with van der Waals surface area (Å²) in [6, 6.07) is 17.0. The Kier molecular flexibility index (Phi) is 6.59. The molecule has 0 aliphatic carbocycles. The number of nitrogens with zero attached hydrogens (tertiary/aromatic N) is 2. The van der Waals surface area contributed by atoms with Crippen LogP contribution in [0.5, 0.6) is 5.88 Å². The number of hydrogen-bond acceptors (Lipinski definition) is 5. The van der Waals surface area contributed by atoms with E-state index in [1.165, 1.54) is 0 Å². The summed E-state index contributed by atoms with van der Waals surface area (Å²) in [6.07, 6.45) is 1.65. The van der Waals surface area contributed by atoms with E-state index >= 15 is 0 Å². The number of amides is 1. The fraction of sp³-hybridized carbons (Fsp3) is 0.125. The average molecular weight is 461 g/mol. The molecule has 0 unspecified atom stereocenters. The first-order chi connectivity index (χ1) is 15.6. The molecular formula is C24H20N4O2S2. The van der Waals surface area contributed by atoms with Crippen LogP contribution in [0, 0.1) is 11.8 Å². The normalized spacial score (nSPS) is 11.9. The highest BCUT2D eigenvalue weighted by Gasteiger charge is 2.26. The van der Waals surface area contributed by atoms with Crippen molar-refractivity contribution in [3.8, 4) is 17.7 Å². The third-order valence-electron chi connectivity index (χ3n) is 4.71. The van der Waals surface area contributed by atoms with E-state index in [0.717, 1.165) is 26.9 Å². The van der Waals surface area contributed by atoms with Crippen molar-refractivity contribution < 1.29 is 9.53 Å². The Bertz CT molecular complexity index is 1230. The van der Waals surface area contributed by atoms with Crippen molar-refractivity contribution in [2.45, 2.75) is 16.7 Å². The highest BCUT2D eigenvalue weighted by Crippen LogP contribution is 2.42. The molecule has 32 heavy (non-hydrogen) atoms. The van der Waals surface area contributed by atoms with Crippen molar-refractivity contribution in [3.63, 3.8) is 0 Å². The van der Waals surface area contributed by atoms with Gasteiger partial charge in [0.25, 0.3) is 5.91 Å². The number of hydrogen-bond donors (Lipinski definition) is 2. The van der Waals surface area contributed by atoms with E-state index in [4.69, 9.17) is 17.0 Å². The van der Waals surface area contributed by atoms with Gasteiger partial charge in [-0.2, -0.15) is 0 Å². The van der Waals surface area contributed by atoms with Crippen molar-refractivity contribution in [2.24, 2.45) is 0 Å². The van der Waals surface area contributed by atoms with Gasteiger partial charge in [0.15, 0.2) is 5.11 Å². The number of thiocarbonyl (C=S) groups is 1. The van der Waals surface area contributed by atoms with Crippen molar-refractivity contribution in [3.05, 3.63) is 66.4 Å². The predicted octanol–water partition coefficient (Wildman–Crippen LogP) is 5.03. The molecule has 1 aliphatic rings. The Balaban J connectivity index is 1.59. The molecule has 1 aromatic heterocycles. The zero-order valence-corrected chi connectivity index (χ0v) is 19.1. The molecule has 2 aromatic carbocycles. The summed E-state index contributed by atoms with van der Waals surface area (Å²) in [7, 11) is 1.57. The lowest BCUT2D eigenvalue weighted by Crippen LogP contribution is -2.31. The van der Waals surface area contributed by atoms with E-state index in [0.29, 0.717) is 23.1 Å². The summed E-state index contributed by atoms with van der Waals surface area (Å²) in [5.74, 6) is 6.37. The second-order valence-corrected chi connectivity index (χ2v) is 8.26. The SMILES string of the molecule is CC#CCN1C(=O)c2ccccc2Sc2cc(NC(=S)Nc3ccc(OC)nc3)ccc21. The number of carbonyl (C=O) groups excluding carboxylic acids is 1. The van der Waals surface area contributed by atoms with Crippen molar-refractivity contribution in [1.82, 2.24) is 4.98 Å². The van der Waals surface area contributed by atoms with Crippen LogP contribution < -0.4 is 20.3 Å². The fourth-order valence-electron chi connectivity index (χ4n) is 3.19. The van der Waals surface area contributed by atoms with Gasteiger partial charge in [-0.15, -0.1) is 5.92 Å². The summed E-state index contributed by atoms with van der Waals surface area (Å²) in [5.41, 5.74) is 3.05. The first-order valence-electron chi connectivity index (χ1n) is 9.79. The van der Waals surface area contributed by atoms with Gasteiger partial charge in [0.1, 0.15) is 0 Å². The topological polar surface area (TPSA) is 66.5 Å². The van der Waals surface area contributed by atoms with Gasteiger partial charge in [0.05, 0.1) is 36.8 Å². The molecule has 0 atom stereocenters. The Morgan fingerprint density at radius 3 is 2.66 bits per heavy atom. The number of pyridine rings is 1. The van der Waals surface area contributed by atoms with E-state index in [1.54, 1.807) is 43.0 Å². The maximum Gasteiger partial charge on any atom is 0.260 e. The summed E-state index contributed by atoms with van der Waals surface area (Å²) in [5, 5.41) is 6.74. The number of nitrogens with one attached hydrogen (secondary N) is 2. The largest absolute Gasteiger partial charge is 0.481 e. The van der Waals surface area contributed by atoms with Gasteiger partial charge in [0, 0.05) is 21.5 Å². The minimum atomic E-state index is -0.0560. The van der Waals surface area contributed by atoms with Gasteiger partial charge < -0.3 is 15.4 Å². The van der Waals surface area contributed by atoms with Gasteiger partial charge in [-0.05, 0) is 55.5 Å². The van der Waals surface area contributed by atoms with Gasteiger partial charge in [-0.25, -0.2) is 4.98 Å². The molecule has 8 heteroatoms. The number of anilines is 3. The number of methoxy groups -OCH3 is 1. The molecular weight excluding hydrogens is 440 g/mol. The molecule has 2 N–H and O–H groups in total. The smallest absolute Gasteiger partial charge is 0.260 e. The highest BCUT2D eigenvalue weighted by atomic mass is 32.2. The van der Waals surface area contributed by atoms with Crippen molar-refractivity contribution >= 4 is 52.1 Å². The summed E-state index contributed by atoms with van der Waals surface area (Å²) < 4.78 is 5.07. The summed E-state index contributed by atoms with van der Waals surface area (Å²) >= 11 is 7.01. The molecule has 2 heterocycles. The second-order valence-electron chi connectivity index (χ2n) is 6.77. The molecule has 0 bridgehead atoms. The molecule has 0 spiro atoms. The van der Waals surface area contributed by atoms with Crippen LogP contribution in [0.4, 0.5) is 17.1 Å². The van der Waals surface area contributed by atoms with Crippen molar-refractivity contribution in [1.29, 1.82) is 0 Å². The third-order valence-corrected chi connectivity index (χ3v) is 6.04. The number of carbonyl (C=O) groups is 1. The van der Waals surface area contributed by atoms with E-state index in [1.807, 2.05) is 48.5 Å². The fourth-order valence-corrected chi connectivity index (χ4v) is 4.54. The predicted molar refractivity (Wildman–Crippen MR) is 133 cm³/mol. The van der Waals surface area contributed by atoms with Crippen molar-refractivity contribution in [2.75, 3.05) is 29.2 Å². The Morgan fingerprint density at radius 2 is 1.91 bits per heavy atom. The average Bonchev–Trinajstić information content (AvgIpc) is 2.92. The van der Waals surface area contributed by atoms with Crippen LogP contribution in [0.15, 0.2) is 70.6 Å². The molecule has 1 aliphatic heterocycles. The van der Waals surface area contributed by atoms with Crippen LogP contribution in [0.1, 0.15) is 17.3 Å². The standard InChI is InChI=1S/C24H20N4O2S2/c1-3-4-13-28-19-11-9-16(26-24(31)27-17-10-12-22(30-2)25-15-17)14-21(19)32-20-8-6-5-7-18(20)23(28)29/h5-12,14-15H,13H2,1-2H3,(H2,26,27,31). The van der Waals surface area contributed by atoms with E-state index in [2.05, 4.69) is 27.5 Å². The van der Waals surface area contributed by atoms with E-state index in [-0.39, 0.29) is 5.91 Å². The first-order valence-corrected chi connectivity index (χ1v) is 11.0. The molecule has 0 radical (unpaired) electrons. The Hall–Kier alpha value is -3.54. The number of benzene rings is 2.